The lowest BCUT2D eigenvalue weighted by Gasteiger charge is -2.33. The minimum atomic E-state index is 0.286. The monoisotopic (exact) mass is 254 g/mol. The fourth-order valence-electron chi connectivity index (χ4n) is 3.39. The Kier molecular flexibility index (Phi) is 5.46. The average Bonchev–Trinajstić information content (AvgIpc) is 2.72. The van der Waals surface area contributed by atoms with E-state index in [1.54, 1.807) is 0 Å². The van der Waals surface area contributed by atoms with Crippen molar-refractivity contribution in [1.82, 2.24) is 10.2 Å². The van der Waals surface area contributed by atoms with Crippen LogP contribution in [0.4, 0.5) is 0 Å². The van der Waals surface area contributed by atoms with Crippen LogP contribution in [0.1, 0.15) is 51.4 Å². The summed E-state index contributed by atoms with van der Waals surface area (Å²) in [7, 11) is 4.26. The van der Waals surface area contributed by atoms with E-state index in [2.05, 4.69) is 24.3 Å². The molecule has 1 unspecified atom stereocenters. The van der Waals surface area contributed by atoms with Gasteiger partial charge in [0.25, 0.3) is 0 Å². The first-order valence-electron chi connectivity index (χ1n) is 7.73. The van der Waals surface area contributed by atoms with Crippen LogP contribution in [-0.4, -0.2) is 50.3 Å². The molecule has 2 rings (SSSR count). The third-order valence-electron chi connectivity index (χ3n) is 4.43. The molecule has 0 amide bonds. The standard InChI is InChI=1S/C15H30N2O/c1-17(2)12-6-11-16-13-14-7-10-15(18-14)8-4-3-5-9-15/h14,16H,3-13H2,1-2H3. The maximum Gasteiger partial charge on any atom is 0.0708 e. The average molecular weight is 254 g/mol. The van der Waals surface area contributed by atoms with Crippen molar-refractivity contribution in [2.24, 2.45) is 0 Å². The molecule has 3 nitrogen and oxygen atoms in total. The van der Waals surface area contributed by atoms with Crippen LogP contribution < -0.4 is 5.32 Å². The summed E-state index contributed by atoms with van der Waals surface area (Å²) in [6, 6.07) is 0. The summed E-state index contributed by atoms with van der Waals surface area (Å²) in [4.78, 5) is 2.24. The molecule has 0 aromatic heterocycles. The van der Waals surface area contributed by atoms with Gasteiger partial charge in [-0.25, -0.2) is 0 Å². The second-order valence-electron chi connectivity index (χ2n) is 6.38. The van der Waals surface area contributed by atoms with Crippen molar-refractivity contribution in [2.75, 3.05) is 33.7 Å². The van der Waals surface area contributed by atoms with Crippen LogP contribution in [-0.2, 0) is 4.74 Å². The zero-order valence-electron chi connectivity index (χ0n) is 12.2. The maximum atomic E-state index is 6.34. The van der Waals surface area contributed by atoms with Gasteiger partial charge in [0.2, 0.25) is 0 Å². The van der Waals surface area contributed by atoms with Gasteiger partial charge < -0.3 is 15.0 Å². The molecule has 2 fully saturated rings. The van der Waals surface area contributed by atoms with Crippen molar-refractivity contribution in [2.45, 2.75) is 63.1 Å². The molecular formula is C15H30N2O. The van der Waals surface area contributed by atoms with Gasteiger partial charge >= 0.3 is 0 Å². The summed E-state index contributed by atoms with van der Waals surface area (Å²) >= 11 is 0. The molecule has 1 saturated heterocycles. The van der Waals surface area contributed by atoms with E-state index in [9.17, 15) is 0 Å². The molecule has 1 heterocycles. The number of ether oxygens (including phenoxy) is 1. The minimum Gasteiger partial charge on any atom is -0.370 e. The van der Waals surface area contributed by atoms with Gasteiger partial charge in [-0.1, -0.05) is 19.3 Å². The lowest BCUT2D eigenvalue weighted by Crippen LogP contribution is -2.35. The molecule has 3 heteroatoms. The Labute approximate surface area is 112 Å². The first-order valence-corrected chi connectivity index (χ1v) is 7.73. The highest BCUT2D eigenvalue weighted by atomic mass is 16.5. The summed E-state index contributed by atoms with van der Waals surface area (Å²) in [5.41, 5.74) is 0.286. The van der Waals surface area contributed by atoms with Crippen molar-refractivity contribution in [3.63, 3.8) is 0 Å². The molecule has 18 heavy (non-hydrogen) atoms. The van der Waals surface area contributed by atoms with Crippen molar-refractivity contribution >= 4 is 0 Å². The fraction of sp³-hybridized carbons (Fsp3) is 1.00. The van der Waals surface area contributed by atoms with E-state index in [1.807, 2.05) is 0 Å². The summed E-state index contributed by atoms with van der Waals surface area (Å²) in [6.45, 7) is 3.34. The van der Waals surface area contributed by atoms with Gasteiger partial charge in [0.05, 0.1) is 11.7 Å². The molecule has 1 spiro atoms. The van der Waals surface area contributed by atoms with E-state index in [0.717, 1.165) is 13.1 Å². The Morgan fingerprint density at radius 3 is 2.67 bits per heavy atom. The van der Waals surface area contributed by atoms with Crippen LogP contribution in [0.3, 0.4) is 0 Å². The van der Waals surface area contributed by atoms with Gasteiger partial charge in [0.1, 0.15) is 0 Å². The molecule has 0 aromatic rings. The van der Waals surface area contributed by atoms with Crippen LogP contribution in [0, 0.1) is 0 Å². The van der Waals surface area contributed by atoms with Crippen molar-refractivity contribution < 1.29 is 4.74 Å². The SMILES string of the molecule is CN(C)CCCNCC1CCC2(CCCCC2)O1. The Hall–Kier alpha value is -0.120. The Balaban J connectivity index is 1.58. The summed E-state index contributed by atoms with van der Waals surface area (Å²) in [5, 5.41) is 3.55. The van der Waals surface area contributed by atoms with Gasteiger partial charge in [-0.05, 0) is 59.3 Å². The van der Waals surface area contributed by atoms with E-state index in [0.29, 0.717) is 6.10 Å². The number of nitrogens with one attached hydrogen (secondary N) is 1. The van der Waals surface area contributed by atoms with Crippen LogP contribution in [0.5, 0.6) is 0 Å². The molecule has 0 bridgehead atoms. The molecule has 2 aliphatic rings. The van der Waals surface area contributed by atoms with E-state index in [4.69, 9.17) is 4.74 Å². The van der Waals surface area contributed by atoms with Crippen LogP contribution in [0.15, 0.2) is 0 Å². The van der Waals surface area contributed by atoms with Gasteiger partial charge in [0.15, 0.2) is 0 Å². The van der Waals surface area contributed by atoms with E-state index < -0.39 is 0 Å². The van der Waals surface area contributed by atoms with Crippen molar-refractivity contribution in [3.8, 4) is 0 Å². The lowest BCUT2D eigenvalue weighted by molar-refractivity contribution is -0.0623. The quantitative estimate of drug-likeness (QED) is 0.737. The van der Waals surface area contributed by atoms with Crippen molar-refractivity contribution in [1.29, 1.82) is 0 Å². The first-order chi connectivity index (χ1) is 8.70. The molecule has 1 saturated carbocycles. The van der Waals surface area contributed by atoms with Gasteiger partial charge in [-0.2, -0.15) is 0 Å². The van der Waals surface area contributed by atoms with Gasteiger partial charge in [-0.3, -0.25) is 0 Å². The Morgan fingerprint density at radius 2 is 1.94 bits per heavy atom. The second kappa shape index (κ2) is 6.88. The van der Waals surface area contributed by atoms with Crippen LogP contribution in [0.25, 0.3) is 0 Å². The predicted octanol–water partition coefficient (Wildman–Crippen LogP) is 2.41. The Morgan fingerprint density at radius 1 is 1.17 bits per heavy atom. The third-order valence-corrected chi connectivity index (χ3v) is 4.43. The highest BCUT2D eigenvalue weighted by molar-refractivity contribution is 4.91. The van der Waals surface area contributed by atoms with Gasteiger partial charge in [-0.15, -0.1) is 0 Å². The molecule has 1 N–H and O–H groups in total. The molecule has 0 aromatic carbocycles. The van der Waals surface area contributed by atoms with E-state index >= 15 is 0 Å². The fourth-order valence-corrected chi connectivity index (χ4v) is 3.39. The molecule has 0 radical (unpaired) electrons. The summed E-state index contributed by atoms with van der Waals surface area (Å²) in [6.07, 6.45) is 11.1. The molecular weight excluding hydrogens is 224 g/mol. The van der Waals surface area contributed by atoms with Gasteiger partial charge in [0, 0.05) is 6.54 Å². The zero-order valence-corrected chi connectivity index (χ0v) is 12.2. The molecule has 1 aliphatic heterocycles. The lowest BCUT2D eigenvalue weighted by atomic mass is 9.83. The largest absolute Gasteiger partial charge is 0.370 e. The smallest absolute Gasteiger partial charge is 0.0708 e. The number of nitrogens with zero attached hydrogens (tertiary/aromatic N) is 1. The van der Waals surface area contributed by atoms with Crippen LogP contribution >= 0.6 is 0 Å². The van der Waals surface area contributed by atoms with E-state index in [1.165, 1.54) is 57.9 Å². The number of rotatable bonds is 6. The zero-order chi connectivity index (χ0) is 12.8. The topological polar surface area (TPSA) is 24.5 Å². The minimum absolute atomic E-state index is 0.286. The third kappa shape index (κ3) is 4.22. The van der Waals surface area contributed by atoms with Crippen molar-refractivity contribution in [3.05, 3.63) is 0 Å². The highest BCUT2D eigenvalue weighted by Gasteiger charge is 2.40. The number of hydrogen-bond donors (Lipinski definition) is 1. The summed E-state index contributed by atoms with van der Waals surface area (Å²) in [5.74, 6) is 0. The summed E-state index contributed by atoms with van der Waals surface area (Å²) < 4.78 is 6.34. The predicted molar refractivity (Wildman–Crippen MR) is 76.0 cm³/mol. The van der Waals surface area contributed by atoms with E-state index in [-0.39, 0.29) is 5.60 Å². The molecule has 1 atom stereocenters. The maximum absolute atomic E-state index is 6.34. The highest BCUT2D eigenvalue weighted by Crippen LogP contribution is 2.41. The normalized spacial score (nSPS) is 27.2. The second-order valence-corrected chi connectivity index (χ2v) is 6.38. The number of hydrogen-bond acceptors (Lipinski definition) is 3. The Bertz CT molecular complexity index is 237. The molecule has 106 valence electrons. The molecule has 1 aliphatic carbocycles. The first kappa shape index (κ1) is 14.3. The van der Waals surface area contributed by atoms with Crippen LogP contribution in [0.2, 0.25) is 0 Å².